The summed E-state index contributed by atoms with van der Waals surface area (Å²) in [5, 5.41) is 4.91. The number of carbonyl (C=O) groups is 1. The summed E-state index contributed by atoms with van der Waals surface area (Å²) >= 11 is 0. The number of hydrogen-bond acceptors (Lipinski definition) is 2. The molecule has 0 saturated heterocycles. The Labute approximate surface area is 107 Å². The van der Waals surface area contributed by atoms with Gasteiger partial charge in [0.1, 0.15) is 0 Å². The van der Waals surface area contributed by atoms with E-state index in [-0.39, 0.29) is 5.69 Å². The van der Waals surface area contributed by atoms with Gasteiger partial charge in [-0.15, -0.1) is 0 Å². The first-order chi connectivity index (χ1) is 8.91. The summed E-state index contributed by atoms with van der Waals surface area (Å²) in [6, 6.07) is 4.65. The van der Waals surface area contributed by atoms with Gasteiger partial charge in [0, 0.05) is 12.2 Å². The number of halogens is 4. The highest BCUT2D eigenvalue weighted by atomic mass is 19.3. The molecule has 2 rings (SSSR count). The highest BCUT2D eigenvalue weighted by Crippen LogP contribution is 2.26. The molecule has 7 heteroatoms. The number of nitrogens with one attached hydrogen (secondary N) is 2. The van der Waals surface area contributed by atoms with Gasteiger partial charge in [0.05, 0.1) is 0 Å². The molecule has 1 aliphatic rings. The van der Waals surface area contributed by atoms with Crippen LogP contribution >= 0.6 is 0 Å². The lowest BCUT2D eigenvalue weighted by molar-refractivity contribution is -0.163. The van der Waals surface area contributed by atoms with Crippen molar-refractivity contribution in [1.29, 1.82) is 0 Å². The van der Waals surface area contributed by atoms with Crippen molar-refractivity contribution in [3.63, 3.8) is 0 Å². The summed E-state index contributed by atoms with van der Waals surface area (Å²) in [5.41, 5.74) is 2.01. The van der Waals surface area contributed by atoms with Crippen LogP contribution in [0.2, 0.25) is 0 Å². The Balaban J connectivity index is 2.14. The van der Waals surface area contributed by atoms with E-state index in [9.17, 15) is 22.4 Å². The summed E-state index contributed by atoms with van der Waals surface area (Å²) < 4.78 is 49.6. The Morgan fingerprint density at radius 3 is 2.74 bits per heavy atom. The summed E-state index contributed by atoms with van der Waals surface area (Å²) in [4.78, 5) is 11.1. The molecule has 104 valence electrons. The highest BCUT2D eigenvalue weighted by molar-refractivity contribution is 5.96. The quantitative estimate of drug-likeness (QED) is 0.831. The molecule has 0 atom stereocenters. The fourth-order valence-corrected chi connectivity index (χ4v) is 1.87. The van der Waals surface area contributed by atoms with Crippen molar-refractivity contribution in [1.82, 2.24) is 5.32 Å². The molecule has 19 heavy (non-hydrogen) atoms. The third kappa shape index (κ3) is 2.86. The van der Waals surface area contributed by atoms with Gasteiger partial charge in [0.15, 0.2) is 0 Å². The van der Waals surface area contributed by atoms with Gasteiger partial charge in [-0.2, -0.15) is 8.78 Å². The molecule has 1 amide bonds. The van der Waals surface area contributed by atoms with Crippen LogP contribution in [0.1, 0.15) is 11.1 Å². The Morgan fingerprint density at radius 2 is 2.05 bits per heavy atom. The lowest BCUT2D eigenvalue weighted by Crippen LogP contribution is -2.41. The van der Waals surface area contributed by atoms with Gasteiger partial charge in [-0.1, -0.05) is 6.07 Å². The molecule has 1 aromatic rings. The van der Waals surface area contributed by atoms with Crippen LogP contribution in [0.3, 0.4) is 0 Å². The van der Waals surface area contributed by atoms with Crippen molar-refractivity contribution in [2.45, 2.75) is 25.3 Å². The van der Waals surface area contributed by atoms with Crippen molar-refractivity contribution in [2.75, 3.05) is 11.9 Å². The lowest BCUT2D eigenvalue weighted by Gasteiger charge is -2.19. The number of rotatable bonds is 3. The topological polar surface area (TPSA) is 41.1 Å². The van der Waals surface area contributed by atoms with Crippen LogP contribution in [0, 0.1) is 0 Å². The molecule has 0 aromatic heterocycles. The Morgan fingerprint density at radius 1 is 1.32 bits per heavy atom. The van der Waals surface area contributed by atoms with E-state index >= 15 is 0 Å². The standard InChI is InChI=1S/C12H12F4N2O/c13-10(14)12(15,16)11(19)18-9-2-1-7-3-4-17-6-8(7)5-9/h1-2,5,10,17H,3-4,6H2,(H,18,19). The number of carbonyl (C=O) groups excluding carboxylic acids is 1. The second kappa shape index (κ2) is 5.16. The zero-order valence-electron chi connectivity index (χ0n) is 9.85. The molecule has 1 heterocycles. The van der Waals surface area contributed by atoms with Crippen molar-refractivity contribution in [3.8, 4) is 0 Å². The van der Waals surface area contributed by atoms with E-state index in [1.807, 2.05) is 5.32 Å². The lowest BCUT2D eigenvalue weighted by atomic mass is 10.0. The van der Waals surface area contributed by atoms with Crippen LogP contribution in [-0.4, -0.2) is 24.8 Å². The van der Waals surface area contributed by atoms with Gasteiger partial charge in [-0.05, 0) is 36.2 Å². The van der Waals surface area contributed by atoms with Crippen LogP contribution in [0.15, 0.2) is 18.2 Å². The molecule has 0 fully saturated rings. The fourth-order valence-electron chi connectivity index (χ4n) is 1.87. The minimum atomic E-state index is -4.69. The Hall–Kier alpha value is -1.63. The molecule has 3 nitrogen and oxygen atoms in total. The molecule has 0 saturated carbocycles. The molecular formula is C12H12F4N2O. The monoisotopic (exact) mass is 276 g/mol. The second-order valence-electron chi connectivity index (χ2n) is 4.29. The zero-order valence-corrected chi connectivity index (χ0v) is 9.85. The second-order valence-corrected chi connectivity index (χ2v) is 4.29. The third-order valence-corrected chi connectivity index (χ3v) is 2.93. The maximum atomic E-state index is 12.8. The Bertz CT molecular complexity index is 491. The number of anilines is 1. The summed E-state index contributed by atoms with van der Waals surface area (Å²) in [6.07, 6.45) is -3.22. The average Bonchev–Trinajstić information content (AvgIpc) is 2.38. The molecule has 1 aromatic carbocycles. The van der Waals surface area contributed by atoms with Crippen molar-refractivity contribution >= 4 is 11.6 Å². The van der Waals surface area contributed by atoms with Gasteiger partial charge in [-0.25, -0.2) is 8.78 Å². The SMILES string of the molecule is O=C(Nc1ccc2c(c1)CNCC2)C(F)(F)C(F)F. The number of alkyl halides is 4. The normalized spacial score (nSPS) is 15.2. The first-order valence-corrected chi connectivity index (χ1v) is 5.71. The van der Waals surface area contributed by atoms with E-state index in [0.717, 1.165) is 24.1 Å². The van der Waals surface area contributed by atoms with Crippen molar-refractivity contribution in [2.24, 2.45) is 0 Å². The minimum Gasteiger partial charge on any atom is -0.321 e. The van der Waals surface area contributed by atoms with Gasteiger partial charge in [0.25, 0.3) is 0 Å². The van der Waals surface area contributed by atoms with Gasteiger partial charge in [-0.3, -0.25) is 4.79 Å². The van der Waals surface area contributed by atoms with E-state index < -0.39 is 18.3 Å². The van der Waals surface area contributed by atoms with E-state index in [0.29, 0.717) is 6.54 Å². The molecule has 0 radical (unpaired) electrons. The molecule has 0 bridgehead atoms. The highest BCUT2D eigenvalue weighted by Gasteiger charge is 2.48. The number of benzene rings is 1. The van der Waals surface area contributed by atoms with Gasteiger partial charge < -0.3 is 10.6 Å². The van der Waals surface area contributed by atoms with Crippen LogP contribution in [-0.2, 0) is 17.8 Å². The number of hydrogen-bond donors (Lipinski definition) is 2. The van der Waals surface area contributed by atoms with Gasteiger partial charge in [0.2, 0.25) is 0 Å². The molecule has 1 aliphatic heterocycles. The summed E-state index contributed by atoms with van der Waals surface area (Å²) in [6.45, 7) is 1.38. The van der Waals surface area contributed by atoms with Crippen LogP contribution in [0.4, 0.5) is 23.2 Å². The molecule has 0 aliphatic carbocycles. The molecule has 2 N–H and O–H groups in total. The zero-order chi connectivity index (χ0) is 14.0. The predicted molar refractivity (Wildman–Crippen MR) is 61.4 cm³/mol. The van der Waals surface area contributed by atoms with E-state index in [1.165, 1.54) is 12.1 Å². The minimum absolute atomic E-state index is 0.0905. The average molecular weight is 276 g/mol. The maximum Gasteiger partial charge on any atom is 0.383 e. The summed E-state index contributed by atoms with van der Waals surface area (Å²) in [5.74, 6) is -6.68. The maximum absolute atomic E-state index is 12.8. The molecular weight excluding hydrogens is 264 g/mol. The molecule has 0 unspecified atom stereocenters. The van der Waals surface area contributed by atoms with Crippen molar-refractivity contribution < 1.29 is 22.4 Å². The first kappa shape index (κ1) is 13.8. The van der Waals surface area contributed by atoms with Crippen LogP contribution in [0.5, 0.6) is 0 Å². The van der Waals surface area contributed by atoms with E-state index in [1.54, 1.807) is 6.07 Å². The van der Waals surface area contributed by atoms with Gasteiger partial charge >= 0.3 is 18.3 Å². The largest absolute Gasteiger partial charge is 0.383 e. The van der Waals surface area contributed by atoms with E-state index in [4.69, 9.17) is 0 Å². The Kier molecular flexibility index (Phi) is 3.75. The number of amides is 1. The number of fused-ring (bicyclic) bond motifs is 1. The first-order valence-electron chi connectivity index (χ1n) is 5.71. The molecule has 0 spiro atoms. The third-order valence-electron chi connectivity index (χ3n) is 2.93. The smallest absolute Gasteiger partial charge is 0.321 e. The van der Waals surface area contributed by atoms with Crippen molar-refractivity contribution in [3.05, 3.63) is 29.3 Å². The predicted octanol–water partition coefficient (Wildman–Crippen LogP) is 2.17. The van der Waals surface area contributed by atoms with Crippen LogP contribution in [0.25, 0.3) is 0 Å². The van der Waals surface area contributed by atoms with E-state index in [2.05, 4.69) is 5.32 Å². The summed E-state index contributed by atoms with van der Waals surface area (Å²) in [7, 11) is 0. The fraction of sp³-hybridized carbons (Fsp3) is 0.417. The van der Waals surface area contributed by atoms with Crippen LogP contribution < -0.4 is 10.6 Å².